The first-order chi connectivity index (χ1) is 16.5. The van der Waals surface area contributed by atoms with Crippen LogP contribution in [0.4, 0.5) is 15.9 Å². The number of hydrogen-bond acceptors (Lipinski definition) is 8. The van der Waals surface area contributed by atoms with Gasteiger partial charge in [0, 0.05) is 31.9 Å². The summed E-state index contributed by atoms with van der Waals surface area (Å²) in [5.41, 5.74) is 2.23. The van der Waals surface area contributed by atoms with Crippen LogP contribution in [0.5, 0.6) is 0 Å². The molecule has 0 bridgehead atoms. The van der Waals surface area contributed by atoms with Crippen LogP contribution in [-0.2, 0) is 9.84 Å². The van der Waals surface area contributed by atoms with Crippen molar-refractivity contribution >= 4 is 43.7 Å². The molecule has 0 spiro atoms. The van der Waals surface area contributed by atoms with Crippen LogP contribution in [0.25, 0.3) is 11.0 Å². The molecule has 0 N–H and O–H groups in total. The summed E-state index contributed by atoms with van der Waals surface area (Å²) in [6.07, 6.45) is 0. The molecule has 0 radical (unpaired) electrons. The minimum absolute atomic E-state index is 0.126. The van der Waals surface area contributed by atoms with Crippen LogP contribution in [0.1, 0.15) is 10.9 Å². The van der Waals surface area contributed by atoms with Gasteiger partial charge in [-0.3, -0.25) is 0 Å². The predicted molar refractivity (Wildman–Crippen MR) is 130 cm³/mol. The number of fused-ring (bicyclic) bond motifs is 1. The molecule has 1 aliphatic heterocycles. The fourth-order valence-electron chi connectivity index (χ4n) is 4.06. The van der Waals surface area contributed by atoms with E-state index in [1.807, 2.05) is 23.1 Å². The molecule has 1 atom stereocenters. The lowest BCUT2D eigenvalue weighted by Crippen LogP contribution is -2.47. The average molecular weight is 494 g/mol. The van der Waals surface area contributed by atoms with Gasteiger partial charge in [-0.15, -0.1) is 11.3 Å². The second kappa shape index (κ2) is 9.00. The van der Waals surface area contributed by atoms with E-state index in [-0.39, 0.29) is 15.7 Å². The van der Waals surface area contributed by atoms with Crippen LogP contribution in [0.15, 0.2) is 70.3 Å². The molecule has 7 nitrogen and oxygen atoms in total. The minimum atomic E-state index is -3.97. The molecule has 10 heteroatoms. The maximum absolute atomic E-state index is 13.3. The van der Waals surface area contributed by atoms with Crippen molar-refractivity contribution in [2.24, 2.45) is 0 Å². The van der Waals surface area contributed by atoms with Crippen molar-refractivity contribution in [1.82, 2.24) is 9.97 Å². The summed E-state index contributed by atoms with van der Waals surface area (Å²) in [7, 11) is -3.97. The zero-order valence-corrected chi connectivity index (χ0v) is 19.6. The zero-order valence-electron chi connectivity index (χ0n) is 18.0. The molecule has 2 aromatic carbocycles. The molecule has 0 aliphatic carbocycles. The van der Waals surface area contributed by atoms with Crippen LogP contribution in [0.3, 0.4) is 0 Å². The van der Waals surface area contributed by atoms with Crippen molar-refractivity contribution < 1.29 is 12.8 Å². The van der Waals surface area contributed by atoms with Gasteiger partial charge in [0.15, 0.2) is 11.1 Å². The van der Waals surface area contributed by atoms with Gasteiger partial charge in [0.2, 0.25) is 9.84 Å². The summed E-state index contributed by atoms with van der Waals surface area (Å²) >= 11 is 1.08. The summed E-state index contributed by atoms with van der Waals surface area (Å²) in [6.45, 7) is 2.37. The van der Waals surface area contributed by atoms with E-state index in [2.05, 4.69) is 9.88 Å². The number of sulfone groups is 1. The monoisotopic (exact) mass is 493 g/mol. The van der Waals surface area contributed by atoms with Gasteiger partial charge in [-0.25, -0.2) is 22.8 Å². The van der Waals surface area contributed by atoms with Crippen molar-refractivity contribution in [3.05, 3.63) is 77.6 Å². The van der Waals surface area contributed by atoms with Crippen molar-refractivity contribution in [2.45, 2.75) is 9.46 Å². The number of nitriles is 1. The summed E-state index contributed by atoms with van der Waals surface area (Å²) < 4.78 is 40.1. The summed E-state index contributed by atoms with van der Waals surface area (Å²) in [5, 5.41) is 10.2. The van der Waals surface area contributed by atoms with Gasteiger partial charge >= 0.3 is 0 Å². The molecular formula is C24H20FN5O2S2. The van der Waals surface area contributed by atoms with Gasteiger partial charge in [-0.1, -0.05) is 18.2 Å². The molecule has 1 aliphatic rings. The highest BCUT2D eigenvalue weighted by Crippen LogP contribution is 2.35. The van der Waals surface area contributed by atoms with Crippen molar-refractivity contribution in [2.75, 3.05) is 36.0 Å². The Morgan fingerprint density at radius 3 is 2.18 bits per heavy atom. The molecule has 1 saturated heterocycles. The maximum Gasteiger partial charge on any atom is 0.209 e. The number of nitrogens with zero attached hydrogens (tertiary/aromatic N) is 5. The number of benzene rings is 2. The highest BCUT2D eigenvalue weighted by molar-refractivity contribution is 7.93. The van der Waals surface area contributed by atoms with E-state index < -0.39 is 15.1 Å². The number of hydrogen-bond donors (Lipinski definition) is 0. The Bertz CT molecular complexity index is 1460. The van der Waals surface area contributed by atoms with Gasteiger partial charge in [0.1, 0.15) is 15.7 Å². The van der Waals surface area contributed by atoms with Crippen LogP contribution in [-0.4, -0.2) is 44.6 Å². The molecule has 34 heavy (non-hydrogen) atoms. The Morgan fingerprint density at radius 2 is 1.56 bits per heavy atom. The molecular weight excluding hydrogens is 473 g/mol. The lowest BCUT2D eigenvalue weighted by atomic mass is 10.2. The highest BCUT2D eigenvalue weighted by atomic mass is 32.2. The first-order valence-corrected chi connectivity index (χ1v) is 13.1. The fraction of sp³-hybridized carbons (Fsp3) is 0.208. The molecule has 0 saturated carbocycles. The fourth-order valence-corrected chi connectivity index (χ4v) is 6.59. The van der Waals surface area contributed by atoms with Crippen LogP contribution < -0.4 is 9.80 Å². The molecule has 172 valence electrons. The number of para-hydroxylation sites is 2. The molecule has 5 rings (SSSR count). The van der Waals surface area contributed by atoms with Crippen LogP contribution in [0.2, 0.25) is 0 Å². The van der Waals surface area contributed by atoms with E-state index in [9.17, 15) is 18.1 Å². The lowest BCUT2D eigenvalue weighted by molar-refractivity contribution is 0.591. The Kier molecular flexibility index (Phi) is 5.89. The van der Waals surface area contributed by atoms with E-state index in [4.69, 9.17) is 4.98 Å². The van der Waals surface area contributed by atoms with Gasteiger partial charge < -0.3 is 9.80 Å². The van der Waals surface area contributed by atoms with Crippen LogP contribution >= 0.6 is 11.3 Å². The van der Waals surface area contributed by atoms with E-state index >= 15 is 0 Å². The number of rotatable bonds is 5. The molecule has 4 aromatic rings. The van der Waals surface area contributed by atoms with Crippen molar-refractivity contribution in [3.63, 3.8) is 0 Å². The number of halogens is 1. The number of piperazine rings is 1. The smallest absolute Gasteiger partial charge is 0.209 e. The second-order valence-corrected chi connectivity index (χ2v) is 11.1. The first kappa shape index (κ1) is 22.3. The first-order valence-electron chi connectivity index (χ1n) is 10.7. The number of thiophene rings is 1. The normalized spacial score (nSPS) is 15.3. The average Bonchev–Trinajstić information content (AvgIpc) is 3.41. The topological polar surface area (TPSA) is 90.2 Å². The van der Waals surface area contributed by atoms with Gasteiger partial charge in [0.25, 0.3) is 0 Å². The maximum atomic E-state index is 13.3. The lowest BCUT2D eigenvalue weighted by Gasteiger charge is -2.37. The van der Waals surface area contributed by atoms with Gasteiger partial charge in [-0.2, -0.15) is 5.26 Å². The molecule has 0 amide bonds. The largest absolute Gasteiger partial charge is 0.368 e. The Labute approximate surface area is 200 Å². The standard InChI is InChI=1S/C24H20FN5O2S2/c25-17-7-9-18(10-8-17)29-11-13-30(14-12-29)24-23(27-19-4-1-2-5-20(19)28-24)21(16-26)34(31,32)22-6-3-15-33-22/h1-10,15,21H,11-14H2/t21-/m1/s1. The molecule has 2 aromatic heterocycles. The van der Waals surface area contributed by atoms with E-state index in [1.165, 1.54) is 18.2 Å². The summed E-state index contributed by atoms with van der Waals surface area (Å²) in [5.74, 6) is 0.122. The molecule has 3 heterocycles. The van der Waals surface area contributed by atoms with E-state index in [0.29, 0.717) is 43.0 Å². The Balaban J connectivity index is 1.53. The van der Waals surface area contributed by atoms with Crippen molar-refractivity contribution in [3.8, 4) is 6.07 Å². The molecule has 1 fully saturated rings. The van der Waals surface area contributed by atoms with Gasteiger partial charge in [-0.05, 0) is 47.8 Å². The Morgan fingerprint density at radius 1 is 0.912 bits per heavy atom. The van der Waals surface area contributed by atoms with Gasteiger partial charge in [0.05, 0.1) is 17.1 Å². The minimum Gasteiger partial charge on any atom is -0.368 e. The summed E-state index contributed by atoms with van der Waals surface area (Å²) in [4.78, 5) is 13.5. The second-order valence-electron chi connectivity index (χ2n) is 7.86. The number of anilines is 2. The van der Waals surface area contributed by atoms with E-state index in [0.717, 1.165) is 17.0 Å². The van der Waals surface area contributed by atoms with E-state index in [1.54, 1.807) is 35.7 Å². The third-order valence-corrected chi connectivity index (χ3v) is 9.09. The summed E-state index contributed by atoms with van der Waals surface area (Å²) in [6, 6.07) is 18.7. The molecule has 0 unspecified atom stereocenters. The SMILES string of the molecule is N#C[C@H](c1nc2ccccc2nc1N1CCN(c2ccc(F)cc2)CC1)S(=O)(=O)c1cccs1. The number of aromatic nitrogens is 2. The van der Waals surface area contributed by atoms with Crippen molar-refractivity contribution in [1.29, 1.82) is 5.26 Å². The third kappa shape index (κ3) is 4.08. The highest BCUT2D eigenvalue weighted by Gasteiger charge is 2.36. The quantitative estimate of drug-likeness (QED) is 0.412. The Hall–Kier alpha value is -3.55. The zero-order chi connectivity index (χ0) is 23.7. The third-order valence-electron chi connectivity index (χ3n) is 5.80. The van der Waals surface area contributed by atoms with Crippen LogP contribution in [0, 0.1) is 17.1 Å². The predicted octanol–water partition coefficient (Wildman–Crippen LogP) is 4.20.